The number of anilines is 1. The molecule has 1 saturated heterocycles. The number of rotatable bonds is 9. The highest BCUT2D eigenvalue weighted by atomic mass is 16.6. The van der Waals surface area contributed by atoms with E-state index in [1.807, 2.05) is 75.4 Å². The van der Waals surface area contributed by atoms with Crippen molar-refractivity contribution < 1.29 is 19.0 Å². The fraction of sp³-hybridized carbons (Fsp3) is 0.406. The number of nitrogens with zero attached hydrogens (tertiary/aromatic N) is 4. The van der Waals surface area contributed by atoms with Crippen LogP contribution in [0.1, 0.15) is 44.7 Å². The fourth-order valence-electron chi connectivity index (χ4n) is 5.40. The van der Waals surface area contributed by atoms with Crippen LogP contribution in [0, 0.1) is 0 Å². The molecule has 1 aliphatic heterocycles. The molecule has 1 amide bonds. The van der Waals surface area contributed by atoms with Crippen molar-refractivity contribution in [2.24, 2.45) is 0 Å². The maximum Gasteiger partial charge on any atom is 0.410 e. The molecule has 0 bridgehead atoms. The maximum absolute atomic E-state index is 13.4. The molecule has 5 rings (SSSR count). The minimum absolute atomic E-state index is 0.136. The van der Waals surface area contributed by atoms with Crippen molar-refractivity contribution in [2.75, 3.05) is 25.7 Å². The lowest BCUT2D eigenvalue weighted by atomic mass is 10.1. The highest BCUT2D eigenvalue weighted by Gasteiger charge is 2.33. The topological polar surface area (TPSA) is 102 Å². The number of hydrogen-bond acceptors (Lipinski definition) is 7. The number of carbonyl (C=O) groups excluding carboxylic acids is 1. The summed E-state index contributed by atoms with van der Waals surface area (Å²) in [6.07, 6.45) is 3.06. The Morgan fingerprint density at radius 3 is 2.12 bits per heavy atom. The quantitative estimate of drug-likeness (QED) is 0.288. The first-order valence-corrected chi connectivity index (χ1v) is 14.2. The first-order valence-electron chi connectivity index (χ1n) is 14.2. The predicted molar refractivity (Wildman–Crippen MR) is 162 cm³/mol. The van der Waals surface area contributed by atoms with Gasteiger partial charge in [0, 0.05) is 32.4 Å². The molecule has 42 heavy (non-hydrogen) atoms. The van der Waals surface area contributed by atoms with Crippen molar-refractivity contribution in [2.45, 2.75) is 64.9 Å². The smallest absolute Gasteiger partial charge is 0.410 e. The molecule has 0 aliphatic carbocycles. The van der Waals surface area contributed by atoms with Crippen molar-refractivity contribution in [3.05, 3.63) is 82.4 Å². The van der Waals surface area contributed by atoms with Gasteiger partial charge >= 0.3 is 11.8 Å². The molecule has 1 unspecified atom stereocenters. The van der Waals surface area contributed by atoms with Gasteiger partial charge in [-0.15, -0.1) is 0 Å². The summed E-state index contributed by atoms with van der Waals surface area (Å²) in [4.78, 5) is 38.0. The third-order valence-corrected chi connectivity index (χ3v) is 7.44. The first kappa shape index (κ1) is 29.0. The van der Waals surface area contributed by atoms with E-state index in [4.69, 9.17) is 19.2 Å². The number of H-pyrrole nitrogens is 1. The average Bonchev–Trinajstić information content (AvgIpc) is 3.57. The highest BCUT2D eigenvalue weighted by Crippen LogP contribution is 2.28. The molecule has 0 spiro atoms. The molecular weight excluding hydrogens is 534 g/mol. The largest absolute Gasteiger partial charge is 0.497 e. The molecule has 10 nitrogen and oxygen atoms in total. The number of aromatic amines is 1. The first-order chi connectivity index (χ1) is 20.1. The molecule has 2 aromatic heterocycles. The van der Waals surface area contributed by atoms with Gasteiger partial charge in [0.05, 0.1) is 25.8 Å². The van der Waals surface area contributed by atoms with Gasteiger partial charge in [0.15, 0.2) is 5.82 Å². The number of likely N-dealkylation sites (tertiary alicyclic amines) is 1. The van der Waals surface area contributed by atoms with Crippen molar-refractivity contribution in [3.63, 3.8) is 0 Å². The van der Waals surface area contributed by atoms with Gasteiger partial charge in [-0.3, -0.25) is 4.57 Å². The van der Waals surface area contributed by atoms with Gasteiger partial charge in [0.2, 0.25) is 0 Å². The number of hydrogen-bond donors (Lipinski definition) is 1. The van der Waals surface area contributed by atoms with E-state index >= 15 is 0 Å². The van der Waals surface area contributed by atoms with E-state index in [2.05, 4.69) is 9.88 Å². The second kappa shape index (κ2) is 12.2. The Morgan fingerprint density at radius 1 is 0.976 bits per heavy atom. The molecule has 222 valence electrons. The lowest BCUT2D eigenvalue weighted by molar-refractivity contribution is 0.0214. The average molecular weight is 574 g/mol. The van der Waals surface area contributed by atoms with Gasteiger partial charge in [-0.05, 0) is 75.1 Å². The van der Waals surface area contributed by atoms with E-state index in [1.54, 1.807) is 29.9 Å². The van der Waals surface area contributed by atoms with Crippen LogP contribution in [-0.2, 0) is 24.4 Å². The number of fused-ring (bicyclic) bond motifs is 1. The predicted octanol–water partition coefficient (Wildman–Crippen LogP) is 5.35. The number of pyridine rings is 1. The van der Waals surface area contributed by atoms with E-state index < -0.39 is 5.60 Å². The third kappa shape index (κ3) is 6.53. The van der Waals surface area contributed by atoms with Gasteiger partial charge < -0.3 is 29.0 Å². The monoisotopic (exact) mass is 573 g/mol. The lowest BCUT2D eigenvalue weighted by Gasteiger charge is -2.28. The van der Waals surface area contributed by atoms with Crippen LogP contribution >= 0.6 is 0 Å². The standard InChI is InChI=1S/C32H39N5O5/c1-32(2,3)42-31(39)36-18-6-7-24(36)21-37-27-16-17-33-29(28(27)34-30(37)38)35(19-22-8-12-25(40-4)13-9-22)20-23-10-14-26(41-5)15-11-23/h8-17,24H,6-7,18-21H2,1-5H3,(H,34,38). The SMILES string of the molecule is COc1ccc(CN(Cc2ccc(OC)cc2)c2nccc3c2[nH]c(=O)n3CC2CCCN2C(=O)OC(C)(C)C)cc1. The van der Waals surface area contributed by atoms with E-state index in [-0.39, 0.29) is 17.8 Å². The minimum atomic E-state index is -0.584. The second-order valence-electron chi connectivity index (χ2n) is 11.6. The van der Waals surface area contributed by atoms with E-state index in [1.165, 1.54) is 0 Å². The summed E-state index contributed by atoms with van der Waals surface area (Å²) < 4.78 is 18.0. The number of nitrogens with one attached hydrogen (secondary N) is 1. The molecular formula is C32H39N5O5. The molecule has 0 radical (unpaired) electrons. The van der Waals surface area contributed by atoms with Crippen LogP contribution in [-0.4, -0.2) is 57.9 Å². The molecule has 1 atom stereocenters. The zero-order valence-electron chi connectivity index (χ0n) is 24.9. The Bertz CT molecular complexity index is 1520. The molecule has 1 fully saturated rings. The normalized spacial score (nSPS) is 15.2. The molecule has 3 heterocycles. The van der Waals surface area contributed by atoms with Gasteiger partial charge in [0.1, 0.15) is 22.6 Å². The number of aromatic nitrogens is 3. The van der Waals surface area contributed by atoms with E-state index in [0.717, 1.165) is 41.0 Å². The summed E-state index contributed by atoms with van der Waals surface area (Å²) in [6.45, 7) is 7.68. The summed E-state index contributed by atoms with van der Waals surface area (Å²) in [5.74, 6) is 2.24. The summed E-state index contributed by atoms with van der Waals surface area (Å²) >= 11 is 0. The Balaban J connectivity index is 1.48. The van der Waals surface area contributed by atoms with Crippen LogP contribution in [0.2, 0.25) is 0 Å². The Hall–Kier alpha value is -4.47. The molecule has 10 heteroatoms. The Kier molecular flexibility index (Phi) is 8.42. The number of amides is 1. The molecule has 1 N–H and O–H groups in total. The van der Waals surface area contributed by atoms with Crippen molar-refractivity contribution in [1.82, 2.24) is 19.4 Å². The van der Waals surface area contributed by atoms with Gasteiger partial charge in [-0.2, -0.15) is 0 Å². The van der Waals surface area contributed by atoms with E-state index in [0.29, 0.717) is 37.5 Å². The number of methoxy groups -OCH3 is 2. The Morgan fingerprint density at radius 2 is 1.57 bits per heavy atom. The number of carbonyl (C=O) groups is 1. The fourth-order valence-corrected chi connectivity index (χ4v) is 5.40. The molecule has 1 aliphatic rings. The number of ether oxygens (including phenoxy) is 3. The maximum atomic E-state index is 13.4. The third-order valence-electron chi connectivity index (χ3n) is 7.44. The summed E-state index contributed by atoms with van der Waals surface area (Å²) in [5.41, 5.74) is 2.73. The van der Waals surface area contributed by atoms with Crippen LogP contribution in [0.3, 0.4) is 0 Å². The zero-order chi connectivity index (χ0) is 29.9. The van der Waals surface area contributed by atoms with Crippen LogP contribution < -0.4 is 20.1 Å². The van der Waals surface area contributed by atoms with E-state index in [9.17, 15) is 9.59 Å². The highest BCUT2D eigenvalue weighted by molar-refractivity contribution is 5.86. The van der Waals surface area contributed by atoms with Crippen molar-refractivity contribution >= 4 is 22.9 Å². The van der Waals surface area contributed by atoms with Crippen LogP contribution in [0.25, 0.3) is 11.0 Å². The Labute approximate surface area is 245 Å². The lowest BCUT2D eigenvalue weighted by Crippen LogP contribution is -2.42. The van der Waals surface area contributed by atoms with Crippen LogP contribution in [0.4, 0.5) is 10.6 Å². The molecule has 0 saturated carbocycles. The molecule has 2 aromatic carbocycles. The number of imidazole rings is 1. The second-order valence-corrected chi connectivity index (χ2v) is 11.6. The van der Waals surface area contributed by atoms with Crippen LogP contribution in [0.15, 0.2) is 65.6 Å². The number of benzene rings is 2. The zero-order valence-corrected chi connectivity index (χ0v) is 24.9. The van der Waals surface area contributed by atoms with Crippen molar-refractivity contribution in [1.29, 1.82) is 0 Å². The van der Waals surface area contributed by atoms with Gasteiger partial charge in [0.25, 0.3) is 0 Å². The molecule has 4 aromatic rings. The summed E-state index contributed by atoms with van der Waals surface area (Å²) in [7, 11) is 3.30. The minimum Gasteiger partial charge on any atom is -0.497 e. The van der Waals surface area contributed by atoms with Crippen molar-refractivity contribution in [3.8, 4) is 11.5 Å². The van der Waals surface area contributed by atoms with Crippen LogP contribution in [0.5, 0.6) is 11.5 Å². The summed E-state index contributed by atoms with van der Waals surface area (Å²) in [6, 6.07) is 17.6. The van der Waals surface area contributed by atoms with Gasteiger partial charge in [-0.25, -0.2) is 14.6 Å². The summed E-state index contributed by atoms with van der Waals surface area (Å²) in [5, 5.41) is 0. The van der Waals surface area contributed by atoms with Gasteiger partial charge in [-0.1, -0.05) is 24.3 Å².